The molecule has 0 atom stereocenters. The zero-order chi connectivity index (χ0) is 42.3. The second-order valence-corrected chi connectivity index (χ2v) is 11.0. The van der Waals surface area contributed by atoms with Crippen molar-refractivity contribution in [3.05, 3.63) is 120 Å². The first-order chi connectivity index (χ1) is 25.6. The van der Waals surface area contributed by atoms with E-state index < -0.39 is 142 Å². The monoisotopic (exact) mass is 514 g/mol. The Morgan fingerprint density at radius 3 is 1.16 bits per heavy atom. The van der Waals surface area contributed by atoms with Gasteiger partial charge in [-0.2, -0.15) is 0 Å². The van der Waals surface area contributed by atoms with Crippen LogP contribution in [0.5, 0.6) is 0 Å². The van der Waals surface area contributed by atoms with Crippen molar-refractivity contribution in [2.24, 2.45) is 0 Å². The fourth-order valence-corrected chi connectivity index (χ4v) is 4.26. The van der Waals surface area contributed by atoms with E-state index in [1.54, 1.807) is 41.5 Å². The summed E-state index contributed by atoms with van der Waals surface area (Å²) >= 11 is 0. The highest BCUT2D eigenvalue weighted by atomic mass is 15.0. The van der Waals surface area contributed by atoms with Crippen molar-refractivity contribution >= 4 is 21.8 Å². The van der Waals surface area contributed by atoms with Crippen molar-refractivity contribution < 1.29 is 24.7 Å². The van der Waals surface area contributed by atoms with Gasteiger partial charge in [-0.3, -0.25) is 0 Å². The molecular formula is C36H36N2. The van der Waals surface area contributed by atoms with Crippen molar-refractivity contribution in [2.75, 3.05) is 0 Å². The molecule has 0 saturated carbocycles. The van der Waals surface area contributed by atoms with E-state index in [0.717, 1.165) is 9.13 Å². The first-order valence-corrected chi connectivity index (χ1v) is 12.1. The highest BCUT2D eigenvalue weighted by molar-refractivity contribution is 5.88. The van der Waals surface area contributed by atoms with Crippen LogP contribution in [0.2, 0.25) is 0 Å². The largest absolute Gasteiger partial charge is 0.316 e. The summed E-state index contributed by atoms with van der Waals surface area (Å²) in [7, 11) is 0. The van der Waals surface area contributed by atoms with Gasteiger partial charge in [0.15, 0.2) is 0 Å². The zero-order valence-electron chi connectivity index (χ0n) is 39.9. The van der Waals surface area contributed by atoms with Crippen LogP contribution in [0.3, 0.4) is 0 Å². The van der Waals surface area contributed by atoms with E-state index in [2.05, 4.69) is 0 Å². The Labute approximate surface area is 251 Å². The standard InChI is InChI=1S/C36H36N2/c1-35(2,3)31-23-37(33-13-9-7-11-29(31)33)27-19-15-25(16-20-27)26-17-21-28(22-18-26)38-24-32(36(4,5)6)30-12-8-10-14-34(30)38/h7-24H,1-6H3/i7D,8D,9D,10D,11D,12D,13D,14D,15D,16D,17D,18D,19D,20D,21D,22D,23D,24D. The maximum Gasteiger partial charge on any atom is 0.0826 e. The van der Waals surface area contributed by atoms with Crippen LogP contribution in [0, 0.1) is 0 Å². The molecule has 38 heavy (non-hydrogen) atoms. The Morgan fingerprint density at radius 2 is 0.816 bits per heavy atom. The number of nitrogens with zero attached hydrogens (tertiary/aromatic N) is 2. The summed E-state index contributed by atoms with van der Waals surface area (Å²) in [4.78, 5) is 0. The number of rotatable bonds is 3. The molecule has 0 spiro atoms. The van der Waals surface area contributed by atoms with Crippen LogP contribution in [-0.4, -0.2) is 9.13 Å². The van der Waals surface area contributed by atoms with Crippen LogP contribution in [0.25, 0.3) is 44.3 Å². The molecule has 2 aromatic heterocycles. The smallest absolute Gasteiger partial charge is 0.0826 e. The molecule has 0 aliphatic heterocycles. The molecule has 0 amide bonds. The summed E-state index contributed by atoms with van der Waals surface area (Å²) in [6, 6.07) is -11.0. The first kappa shape index (κ1) is 11.4. The van der Waals surface area contributed by atoms with E-state index in [1.165, 1.54) is 0 Å². The van der Waals surface area contributed by atoms with Gasteiger partial charge in [-0.1, -0.05) is 102 Å². The Bertz CT molecular complexity index is 2500. The molecule has 0 aliphatic carbocycles. The molecule has 0 radical (unpaired) electrons. The molecule has 0 unspecified atom stereocenters. The molecule has 0 saturated heterocycles. The van der Waals surface area contributed by atoms with E-state index >= 15 is 0 Å². The summed E-state index contributed by atoms with van der Waals surface area (Å²) in [6.45, 7) is 10.3. The van der Waals surface area contributed by atoms with Gasteiger partial charge in [0.25, 0.3) is 0 Å². The van der Waals surface area contributed by atoms with Gasteiger partial charge in [0.2, 0.25) is 0 Å². The number of benzene rings is 4. The minimum absolute atomic E-state index is 0.0320. The number of hydrogen-bond acceptors (Lipinski definition) is 0. The predicted octanol–water partition coefficient (Wildman–Crippen LogP) is 9.84. The number of hydrogen-bond donors (Lipinski definition) is 0. The van der Waals surface area contributed by atoms with Crippen LogP contribution in [-0.2, 0) is 10.8 Å². The molecule has 2 heteroatoms. The minimum Gasteiger partial charge on any atom is -0.316 e. The third-order valence-corrected chi connectivity index (χ3v) is 6.15. The van der Waals surface area contributed by atoms with Gasteiger partial charge in [0, 0.05) is 34.5 Å². The molecule has 190 valence electrons. The SMILES string of the molecule is [2H]c1c([2H])c(-n2c([2H])c(C(C)(C)C)c3c([2H])c([2H])c([2H])c([2H])c32)c([2H])c([2H])c1-c1c([2H])c([2H])c(-n2c([2H])c(C(C)(C)C)c3c([2H])c([2H])c([2H])c([2H])c32)c([2H])c1[2H]. The topological polar surface area (TPSA) is 9.86 Å². The van der Waals surface area contributed by atoms with Gasteiger partial charge in [-0.25, -0.2) is 0 Å². The second kappa shape index (κ2) is 8.77. The number of fused-ring (bicyclic) bond motifs is 2. The van der Waals surface area contributed by atoms with Crippen LogP contribution >= 0.6 is 0 Å². The average Bonchev–Trinajstić information content (AvgIpc) is 3.59. The second-order valence-electron chi connectivity index (χ2n) is 11.0. The van der Waals surface area contributed by atoms with Crippen LogP contribution in [0.4, 0.5) is 0 Å². The zero-order valence-corrected chi connectivity index (χ0v) is 21.9. The molecule has 2 nitrogen and oxygen atoms in total. The summed E-state index contributed by atoms with van der Waals surface area (Å²) in [5.74, 6) is 0. The maximum absolute atomic E-state index is 9.16. The molecule has 0 aliphatic rings. The highest BCUT2D eigenvalue weighted by Gasteiger charge is 2.21. The van der Waals surface area contributed by atoms with Crippen molar-refractivity contribution in [1.29, 1.82) is 0 Å². The van der Waals surface area contributed by atoms with E-state index in [1.807, 2.05) is 0 Å². The third-order valence-electron chi connectivity index (χ3n) is 6.15. The predicted molar refractivity (Wildman–Crippen MR) is 163 cm³/mol. The summed E-state index contributed by atoms with van der Waals surface area (Å²) in [5, 5.41) is -0.0641. The minimum atomic E-state index is -0.889. The summed E-state index contributed by atoms with van der Waals surface area (Å²) < 4.78 is 161. The van der Waals surface area contributed by atoms with Gasteiger partial charge in [0.05, 0.1) is 35.7 Å². The van der Waals surface area contributed by atoms with Gasteiger partial charge in [-0.15, -0.1) is 0 Å². The van der Waals surface area contributed by atoms with E-state index in [-0.39, 0.29) is 32.9 Å². The van der Waals surface area contributed by atoms with Crippen LogP contribution < -0.4 is 0 Å². The van der Waals surface area contributed by atoms with E-state index in [4.69, 9.17) is 24.7 Å². The van der Waals surface area contributed by atoms with Gasteiger partial charge < -0.3 is 9.13 Å². The Balaban J connectivity index is 1.73. The fraction of sp³-hybridized carbons (Fsp3) is 0.222. The number of para-hydroxylation sites is 2. The first-order valence-electron chi connectivity index (χ1n) is 21.1. The fourth-order valence-electron chi connectivity index (χ4n) is 4.26. The third kappa shape index (κ3) is 4.15. The van der Waals surface area contributed by atoms with Crippen molar-refractivity contribution in [3.8, 4) is 22.5 Å². The Morgan fingerprint density at radius 1 is 0.474 bits per heavy atom. The molecular weight excluding hydrogens is 460 g/mol. The normalized spacial score (nSPS) is 19.1. The molecule has 0 bridgehead atoms. The quantitative estimate of drug-likeness (QED) is 0.222. The van der Waals surface area contributed by atoms with Crippen molar-refractivity contribution in [1.82, 2.24) is 9.13 Å². The number of aromatic nitrogens is 2. The maximum atomic E-state index is 9.16. The lowest BCUT2D eigenvalue weighted by atomic mass is 9.87. The molecule has 6 aromatic rings. The highest BCUT2D eigenvalue weighted by Crippen LogP contribution is 2.35. The van der Waals surface area contributed by atoms with Crippen molar-refractivity contribution in [2.45, 2.75) is 52.4 Å². The van der Waals surface area contributed by atoms with E-state index in [9.17, 15) is 0 Å². The molecule has 2 heterocycles. The molecule has 0 N–H and O–H groups in total. The molecule has 0 fully saturated rings. The van der Waals surface area contributed by atoms with Crippen LogP contribution in [0.1, 0.15) is 77.3 Å². The molecule has 6 rings (SSSR count). The lowest BCUT2D eigenvalue weighted by Crippen LogP contribution is -2.10. The lowest BCUT2D eigenvalue weighted by Gasteiger charge is -2.17. The van der Waals surface area contributed by atoms with Gasteiger partial charge in [-0.05, 0) is 69.3 Å². The van der Waals surface area contributed by atoms with Gasteiger partial charge in [0.1, 0.15) is 0 Å². The van der Waals surface area contributed by atoms with Gasteiger partial charge >= 0.3 is 0 Å². The average molecular weight is 515 g/mol. The lowest BCUT2D eigenvalue weighted by molar-refractivity contribution is 0.594. The van der Waals surface area contributed by atoms with Crippen LogP contribution in [0.15, 0.2) is 109 Å². The summed E-state index contributed by atoms with van der Waals surface area (Å²) in [6.07, 6.45) is -0.807. The van der Waals surface area contributed by atoms with Crippen molar-refractivity contribution in [3.63, 3.8) is 0 Å². The van der Waals surface area contributed by atoms with E-state index in [0.29, 0.717) is 0 Å². The Kier molecular flexibility index (Phi) is 2.62. The Hall–Kier alpha value is -4.04. The summed E-state index contributed by atoms with van der Waals surface area (Å²) in [5.41, 5.74) is -4.26. The molecule has 4 aromatic carbocycles.